The van der Waals surface area contributed by atoms with E-state index in [2.05, 4.69) is 19.6 Å². The van der Waals surface area contributed by atoms with Gasteiger partial charge in [0.05, 0.1) is 26.4 Å². The predicted octanol–water partition coefficient (Wildman–Crippen LogP) is 5.81. The van der Waals surface area contributed by atoms with E-state index in [4.69, 9.17) is 23.7 Å². The zero-order valence-electron chi connectivity index (χ0n) is 23.3. The highest BCUT2D eigenvalue weighted by molar-refractivity contribution is 6.76. The summed E-state index contributed by atoms with van der Waals surface area (Å²) in [5.74, 6) is 0. The van der Waals surface area contributed by atoms with Gasteiger partial charge in [-0.05, 0) is 22.7 Å². The van der Waals surface area contributed by atoms with Crippen LogP contribution in [-0.2, 0) is 43.5 Å². The topological polar surface area (TPSA) is 66.4 Å². The van der Waals surface area contributed by atoms with E-state index in [-0.39, 0.29) is 6.61 Å². The Hall–Kier alpha value is -2.36. The number of aliphatic hydroxyl groups excluding tert-OH is 1. The first-order valence-electron chi connectivity index (χ1n) is 13.8. The Morgan fingerprint density at radius 1 is 0.667 bits per heavy atom. The van der Waals surface area contributed by atoms with Crippen LogP contribution in [0.4, 0.5) is 0 Å². The largest absolute Gasteiger partial charge is 0.387 e. The van der Waals surface area contributed by atoms with Crippen molar-refractivity contribution in [2.75, 3.05) is 13.2 Å². The molecule has 6 nitrogen and oxygen atoms in total. The summed E-state index contributed by atoms with van der Waals surface area (Å²) < 4.78 is 31.4. The van der Waals surface area contributed by atoms with Gasteiger partial charge in [-0.15, -0.1) is 0 Å². The van der Waals surface area contributed by atoms with Crippen molar-refractivity contribution in [3.63, 3.8) is 0 Å². The van der Waals surface area contributed by atoms with Crippen LogP contribution in [0.1, 0.15) is 16.7 Å². The van der Waals surface area contributed by atoms with Gasteiger partial charge >= 0.3 is 0 Å². The van der Waals surface area contributed by atoms with Gasteiger partial charge in [0.1, 0.15) is 24.4 Å². The van der Waals surface area contributed by atoms with Crippen LogP contribution < -0.4 is 0 Å². The zero-order chi connectivity index (χ0) is 27.5. The molecule has 0 radical (unpaired) electrons. The predicted molar refractivity (Wildman–Crippen MR) is 155 cm³/mol. The minimum Gasteiger partial charge on any atom is -0.387 e. The molecule has 1 aliphatic rings. The maximum atomic E-state index is 11.6. The van der Waals surface area contributed by atoms with Crippen LogP contribution in [-0.4, -0.2) is 57.1 Å². The molecule has 5 atom stereocenters. The second-order valence-electron chi connectivity index (χ2n) is 11.2. The van der Waals surface area contributed by atoms with Gasteiger partial charge in [-0.1, -0.05) is 111 Å². The van der Waals surface area contributed by atoms with Gasteiger partial charge in [0.15, 0.2) is 6.29 Å². The standard InChI is InChI=1S/C32H42O6Si/c1-39(2,3)20-19-35-32-31(37-23-27-17-11-6-12-18-27)29(33)30(36-22-26-15-9-5-10-16-26)28(38-32)24-34-21-25-13-7-4-8-14-25/h4-18,28-33H,19-24H2,1-3H3/t28-,29+,30+,31-,32-/m1/s1. The summed E-state index contributed by atoms with van der Waals surface area (Å²) in [6, 6.07) is 30.8. The van der Waals surface area contributed by atoms with Crippen molar-refractivity contribution in [1.29, 1.82) is 0 Å². The van der Waals surface area contributed by atoms with Crippen molar-refractivity contribution in [1.82, 2.24) is 0 Å². The van der Waals surface area contributed by atoms with Crippen molar-refractivity contribution in [2.24, 2.45) is 0 Å². The zero-order valence-corrected chi connectivity index (χ0v) is 24.3. The highest BCUT2D eigenvalue weighted by atomic mass is 28.3. The summed E-state index contributed by atoms with van der Waals surface area (Å²) in [6.07, 6.45) is -3.59. The van der Waals surface area contributed by atoms with Gasteiger partial charge in [-0.3, -0.25) is 0 Å². The van der Waals surface area contributed by atoms with Crippen molar-refractivity contribution in [3.05, 3.63) is 108 Å². The first-order valence-corrected chi connectivity index (χ1v) is 17.5. The molecule has 1 fully saturated rings. The van der Waals surface area contributed by atoms with E-state index in [0.29, 0.717) is 26.4 Å². The third-order valence-electron chi connectivity index (χ3n) is 6.72. The normalized spacial score (nSPS) is 23.5. The number of aliphatic hydroxyl groups is 1. The molecule has 4 rings (SSSR count). The molecule has 1 heterocycles. The first-order chi connectivity index (χ1) is 18.9. The monoisotopic (exact) mass is 550 g/mol. The van der Waals surface area contributed by atoms with Crippen LogP contribution >= 0.6 is 0 Å². The second kappa shape index (κ2) is 14.9. The highest BCUT2D eigenvalue weighted by Crippen LogP contribution is 2.29. The lowest BCUT2D eigenvalue weighted by molar-refractivity contribution is -0.320. The molecule has 0 aliphatic carbocycles. The van der Waals surface area contributed by atoms with E-state index in [1.165, 1.54) is 0 Å². The lowest BCUT2D eigenvalue weighted by Gasteiger charge is -2.44. The summed E-state index contributed by atoms with van der Waals surface area (Å²) in [5, 5.41) is 11.6. The first kappa shape index (κ1) is 29.6. The van der Waals surface area contributed by atoms with Crippen molar-refractivity contribution in [2.45, 2.75) is 76.2 Å². The molecular formula is C32H42O6Si. The van der Waals surface area contributed by atoms with E-state index >= 15 is 0 Å². The van der Waals surface area contributed by atoms with Crippen LogP contribution in [0.2, 0.25) is 25.7 Å². The average Bonchev–Trinajstić information content (AvgIpc) is 2.93. The maximum Gasteiger partial charge on any atom is 0.186 e. The number of benzene rings is 3. The molecule has 1 saturated heterocycles. The molecule has 39 heavy (non-hydrogen) atoms. The molecule has 3 aromatic carbocycles. The molecule has 3 aromatic rings. The third kappa shape index (κ3) is 9.65. The van der Waals surface area contributed by atoms with Crippen LogP contribution in [0.5, 0.6) is 0 Å². The Kier molecular flexibility index (Phi) is 11.3. The van der Waals surface area contributed by atoms with Gasteiger partial charge in [0.2, 0.25) is 0 Å². The number of hydrogen-bond acceptors (Lipinski definition) is 6. The van der Waals surface area contributed by atoms with Crippen LogP contribution in [0.15, 0.2) is 91.0 Å². The van der Waals surface area contributed by atoms with Crippen LogP contribution in [0, 0.1) is 0 Å². The molecule has 210 valence electrons. The van der Waals surface area contributed by atoms with Crippen molar-refractivity contribution >= 4 is 8.07 Å². The third-order valence-corrected chi connectivity index (χ3v) is 8.42. The fourth-order valence-corrected chi connectivity index (χ4v) is 5.16. The number of hydrogen-bond donors (Lipinski definition) is 1. The fraction of sp³-hybridized carbons (Fsp3) is 0.438. The van der Waals surface area contributed by atoms with Gasteiger partial charge in [0.25, 0.3) is 0 Å². The van der Waals surface area contributed by atoms with E-state index in [1.54, 1.807) is 0 Å². The molecule has 0 bridgehead atoms. The van der Waals surface area contributed by atoms with Gasteiger partial charge in [-0.25, -0.2) is 0 Å². The smallest absolute Gasteiger partial charge is 0.186 e. The number of ether oxygens (including phenoxy) is 5. The minimum atomic E-state index is -1.32. The molecule has 0 saturated carbocycles. The van der Waals surface area contributed by atoms with E-state index in [0.717, 1.165) is 22.7 Å². The summed E-state index contributed by atoms with van der Waals surface area (Å²) in [5.41, 5.74) is 3.10. The summed E-state index contributed by atoms with van der Waals surface area (Å²) >= 11 is 0. The number of rotatable bonds is 14. The Morgan fingerprint density at radius 2 is 1.15 bits per heavy atom. The van der Waals surface area contributed by atoms with Crippen LogP contribution in [0.3, 0.4) is 0 Å². The Balaban J connectivity index is 1.49. The SMILES string of the molecule is C[Si](C)(C)CCO[C@@H]1O[C@H](COCc2ccccc2)[C@H](OCc2ccccc2)[C@H](O)[C@H]1OCc1ccccc1. The maximum absolute atomic E-state index is 11.6. The van der Waals surface area contributed by atoms with Gasteiger partial charge in [-0.2, -0.15) is 0 Å². The Labute approximate surface area is 233 Å². The Morgan fingerprint density at radius 3 is 1.67 bits per heavy atom. The van der Waals surface area contributed by atoms with Crippen molar-refractivity contribution < 1.29 is 28.8 Å². The summed E-state index contributed by atoms with van der Waals surface area (Å²) in [7, 11) is -1.32. The fourth-order valence-electron chi connectivity index (χ4n) is 4.43. The van der Waals surface area contributed by atoms with Gasteiger partial charge < -0.3 is 28.8 Å². The van der Waals surface area contributed by atoms with E-state index < -0.39 is 38.8 Å². The summed E-state index contributed by atoms with van der Waals surface area (Å²) in [6.45, 7) is 8.85. The van der Waals surface area contributed by atoms with Crippen LogP contribution in [0.25, 0.3) is 0 Å². The Bertz CT molecular complexity index is 1070. The molecule has 0 spiro atoms. The second-order valence-corrected chi connectivity index (χ2v) is 16.9. The molecule has 1 N–H and O–H groups in total. The quantitative estimate of drug-likeness (QED) is 0.255. The van der Waals surface area contributed by atoms with E-state index in [9.17, 15) is 5.11 Å². The molecule has 0 amide bonds. The summed E-state index contributed by atoms with van der Waals surface area (Å²) in [4.78, 5) is 0. The molecule has 0 unspecified atom stereocenters. The minimum absolute atomic E-state index is 0.255. The molecule has 1 aliphatic heterocycles. The average molecular weight is 551 g/mol. The molecule has 7 heteroatoms. The lowest BCUT2D eigenvalue weighted by Crippen LogP contribution is -2.61. The van der Waals surface area contributed by atoms with Gasteiger partial charge in [0, 0.05) is 14.7 Å². The molecule has 0 aromatic heterocycles. The highest BCUT2D eigenvalue weighted by Gasteiger charge is 2.47. The van der Waals surface area contributed by atoms with Crippen molar-refractivity contribution in [3.8, 4) is 0 Å². The van der Waals surface area contributed by atoms with E-state index in [1.807, 2.05) is 91.0 Å². The lowest BCUT2D eigenvalue weighted by atomic mass is 9.98. The molecular weight excluding hydrogens is 508 g/mol.